The van der Waals surface area contributed by atoms with Crippen molar-refractivity contribution in [2.75, 3.05) is 12.3 Å². The molecule has 3 aromatic rings. The van der Waals surface area contributed by atoms with E-state index in [2.05, 4.69) is 9.71 Å². The average Bonchev–Trinajstić information content (AvgIpc) is 3.04. The van der Waals surface area contributed by atoms with Crippen molar-refractivity contribution in [3.05, 3.63) is 34.0 Å². The lowest BCUT2D eigenvalue weighted by Gasteiger charge is -2.05. The molecule has 3 N–H and O–H groups in total. The number of hydrogen-bond donors (Lipinski definition) is 2. The third kappa shape index (κ3) is 2.44. The Bertz CT molecular complexity index is 817. The van der Waals surface area contributed by atoms with Gasteiger partial charge in [-0.3, -0.25) is 4.40 Å². The molecular formula is C11H12N4O2S3. The zero-order valence-corrected chi connectivity index (χ0v) is 12.8. The number of hydrogen-bond acceptors (Lipinski definition) is 6. The van der Waals surface area contributed by atoms with Crippen molar-refractivity contribution in [2.45, 2.75) is 11.4 Å². The second kappa shape index (κ2) is 5.17. The molecule has 3 heterocycles. The zero-order chi connectivity index (χ0) is 14.2. The van der Waals surface area contributed by atoms with Crippen LogP contribution in [0.2, 0.25) is 0 Å². The summed E-state index contributed by atoms with van der Waals surface area (Å²) in [4.78, 5) is 4.61. The molecule has 3 rings (SSSR count). The Labute approximate surface area is 123 Å². The maximum Gasteiger partial charge on any atom is 0.260 e. The van der Waals surface area contributed by atoms with Gasteiger partial charge in [-0.1, -0.05) is 0 Å². The van der Waals surface area contributed by atoms with E-state index in [4.69, 9.17) is 5.73 Å². The summed E-state index contributed by atoms with van der Waals surface area (Å²) in [6, 6.07) is 1.98. The fraction of sp³-hybridized carbons (Fsp3) is 0.182. The molecule has 0 amide bonds. The van der Waals surface area contributed by atoms with E-state index in [0.29, 0.717) is 17.9 Å². The van der Waals surface area contributed by atoms with Crippen LogP contribution in [0.1, 0.15) is 5.56 Å². The molecule has 0 aromatic carbocycles. The van der Waals surface area contributed by atoms with E-state index in [1.807, 2.05) is 16.8 Å². The van der Waals surface area contributed by atoms with Gasteiger partial charge in [-0.2, -0.15) is 11.3 Å². The maximum absolute atomic E-state index is 12.3. The minimum absolute atomic E-state index is 0.0130. The minimum Gasteiger partial charge on any atom is -0.381 e. The third-order valence-corrected chi connectivity index (χ3v) is 5.77. The number of thiophene rings is 1. The van der Waals surface area contributed by atoms with Gasteiger partial charge >= 0.3 is 0 Å². The molecule has 106 valence electrons. The van der Waals surface area contributed by atoms with Gasteiger partial charge in [-0.15, -0.1) is 11.3 Å². The highest BCUT2D eigenvalue weighted by Crippen LogP contribution is 2.23. The first kappa shape index (κ1) is 13.6. The second-order valence-corrected chi connectivity index (χ2v) is 7.47. The molecule has 6 nitrogen and oxygen atoms in total. The molecule has 3 aromatic heterocycles. The van der Waals surface area contributed by atoms with Crippen LogP contribution in [-0.4, -0.2) is 24.3 Å². The molecule has 0 spiro atoms. The Morgan fingerprint density at radius 3 is 3.00 bits per heavy atom. The fourth-order valence-corrected chi connectivity index (χ4v) is 4.60. The van der Waals surface area contributed by atoms with Crippen LogP contribution in [0.5, 0.6) is 0 Å². The molecule has 0 saturated carbocycles. The predicted octanol–water partition coefficient (Wildman–Crippen LogP) is 1.56. The summed E-state index contributed by atoms with van der Waals surface area (Å²) in [6.07, 6.45) is 2.30. The van der Waals surface area contributed by atoms with Gasteiger partial charge in [0.1, 0.15) is 0 Å². The van der Waals surface area contributed by atoms with Crippen molar-refractivity contribution in [3.63, 3.8) is 0 Å². The molecule has 0 aliphatic heterocycles. The molecule has 0 atom stereocenters. The largest absolute Gasteiger partial charge is 0.381 e. The normalized spacial score (nSPS) is 12.2. The van der Waals surface area contributed by atoms with Crippen molar-refractivity contribution < 1.29 is 8.42 Å². The molecule has 0 aliphatic carbocycles. The number of anilines is 1. The number of fused-ring (bicyclic) bond motifs is 1. The summed E-state index contributed by atoms with van der Waals surface area (Å²) in [5.41, 5.74) is 6.82. The number of thiazole rings is 1. The van der Waals surface area contributed by atoms with Crippen molar-refractivity contribution in [3.8, 4) is 0 Å². The lowest BCUT2D eigenvalue weighted by molar-refractivity contribution is 0.577. The van der Waals surface area contributed by atoms with Crippen molar-refractivity contribution in [1.29, 1.82) is 0 Å². The van der Waals surface area contributed by atoms with Crippen LogP contribution in [0.3, 0.4) is 0 Å². The number of imidazole rings is 1. The van der Waals surface area contributed by atoms with Crippen molar-refractivity contribution >= 4 is 43.5 Å². The summed E-state index contributed by atoms with van der Waals surface area (Å²) >= 11 is 2.93. The Morgan fingerprint density at radius 1 is 1.40 bits per heavy atom. The summed E-state index contributed by atoms with van der Waals surface area (Å²) in [7, 11) is -3.66. The summed E-state index contributed by atoms with van der Waals surface area (Å²) in [6.45, 7) is 0.329. The number of aromatic nitrogens is 2. The van der Waals surface area contributed by atoms with Crippen LogP contribution in [-0.2, 0) is 16.4 Å². The van der Waals surface area contributed by atoms with Crippen molar-refractivity contribution in [2.24, 2.45) is 0 Å². The highest BCUT2D eigenvalue weighted by atomic mass is 32.2. The molecule has 0 fully saturated rings. The quantitative estimate of drug-likeness (QED) is 0.744. The second-order valence-electron chi connectivity index (χ2n) is 4.14. The maximum atomic E-state index is 12.3. The third-order valence-electron chi connectivity index (χ3n) is 2.78. The van der Waals surface area contributed by atoms with Gasteiger partial charge in [-0.05, 0) is 28.8 Å². The molecule has 0 aliphatic rings. The SMILES string of the molecule is Nc1nc2sccn2c1S(=O)(=O)NCCc1ccsc1. The first-order chi connectivity index (χ1) is 9.58. The van der Waals surface area contributed by atoms with Crippen LogP contribution in [0, 0.1) is 0 Å². The number of nitrogens with zero attached hydrogens (tertiary/aromatic N) is 2. The standard InChI is InChI=1S/C11H12N4O2S3/c12-9-10(15-4-6-19-11(15)14-9)20(16,17)13-3-1-8-2-5-18-7-8/h2,4-7,13H,1,3,12H2. The van der Waals surface area contributed by atoms with E-state index < -0.39 is 10.0 Å². The van der Waals surface area contributed by atoms with Crippen LogP contribution < -0.4 is 10.5 Å². The first-order valence-electron chi connectivity index (χ1n) is 5.80. The monoisotopic (exact) mass is 328 g/mol. The van der Waals surface area contributed by atoms with Gasteiger partial charge in [0.2, 0.25) is 0 Å². The van der Waals surface area contributed by atoms with Crippen LogP contribution >= 0.6 is 22.7 Å². The minimum atomic E-state index is -3.66. The van der Waals surface area contributed by atoms with E-state index in [0.717, 1.165) is 5.56 Å². The summed E-state index contributed by atoms with van der Waals surface area (Å²) in [5.74, 6) is 0.0277. The van der Waals surface area contributed by atoms with E-state index in [1.165, 1.54) is 15.7 Å². The number of nitrogens with one attached hydrogen (secondary N) is 1. The Kier molecular flexibility index (Phi) is 3.50. The molecule has 0 radical (unpaired) electrons. The summed E-state index contributed by atoms with van der Waals surface area (Å²) < 4.78 is 28.7. The number of nitrogen functional groups attached to an aromatic ring is 1. The summed E-state index contributed by atoms with van der Waals surface area (Å²) in [5, 5.41) is 5.75. The fourth-order valence-electron chi connectivity index (χ4n) is 1.88. The smallest absolute Gasteiger partial charge is 0.260 e. The molecular weight excluding hydrogens is 316 g/mol. The Hall–Kier alpha value is -1.42. The van der Waals surface area contributed by atoms with Gasteiger partial charge < -0.3 is 5.73 Å². The molecule has 0 saturated heterocycles. The Morgan fingerprint density at radius 2 is 2.25 bits per heavy atom. The highest BCUT2D eigenvalue weighted by Gasteiger charge is 2.23. The van der Waals surface area contributed by atoms with Crippen LogP contribution in [0.15, 0.2) is 33.4 Å². The zero-order valence-electron chi connectivity index (χ0n) is 10.3. The number of rotatable bonds is 5. The first-order valence-corrected chi connectivity index (χ1v) is 9.10. The van der Waals surface area contributed by atoms with Crippen LogP contribution in [0.25, 0.3) is 4.96 Å². The number of sulfonamides is 1. The Balaban J connectivity index is 1.81. The van der Waals surface area contributed by atoms with Gasteiger partial charge in [-0.25, -0.2) is 18.1 Å². The van der Waals surface area contributed by atoms with E-state index in [-0.39, 0.29) is 10.8 Å². The average molecular weight is 328 g/mol. The van der Waals surface area contributed by atoms with Gasteiger partial charge in [0.05, 0.1) is 0 Å². The lowest BCUT2D eigenvalue weighted by atomic mass is 10.2. The number of nitrogens with two attached hydrogens (primary N) is 1. The molecule has 0 unspecified atom stereocenters. The molecule has 20 heavy (non-hydrogen) atoms. The van der Waals surface area contributed by atoms with E-state index >= 15 is 0 Å². The van der Waals surface area contributed by atoms with Gasteiger partial charge in [0.25, 0.3) is 10.0 Å². The highest BCUT2D eigenvalue weighted by molar-refractivity contribution is 7.89. The topological polar surface area (TPSA) is 89.5 Å². The molecule has 9 heteroatoms. The van der Waals surface area contributed by atoms with Gasteiger partial charge in [0, 0.05) is 18.1 Å². The van der Waals surface area contributed by atoms with E-state index in [9.17, 15) is 8.42 Å². The van der Waals surface area contributed by atoms with E-state index in [1.54, 1.807) is 22.9 Å². The lowest BCUT2D eigenvalue weighted by Crippen LogP contribution is -2.27. The van der Waals surface area contributed by atoms with Gasteiger partial charge in [0.15, 0.2) is 15.8 Å². The van der Waals surface area contributed by atoms with Crippen LogP contribution in [0.4, 0.5) is 5.82 Å². The van der Waals surface area contributed by atoms with Crippen molar-refractivity contribution in [1.82, 2.24) is 14.1 Å². The molecule has 0 bridgehead atoms. The predicted molar refractivity (Wildman–Crippen MR) is 80.7 cm³/mol.